The predicted molar refractivity (Wildman–Crippen MR) is 48.2 cm³/mol. The van der Waals surface area contributed by atoms with Crippen LogP contribution in [0.25, 0.3) is 0 Å². The third kappa shape index (κ3) is 1.73. The van der Waals surface area contributed by atoms with E-state index in [0.717, 1.165) is 0 Å². The van der Waals surface area contributed by atoms with Crippen LogP contribution in [0.15, 0.2) is 12.3 Å². The van der Waals surface area contributed by atoms with E-state index >= 15 is 0 Å². The SMILES string of the molecule is Nc1ccnc(CN2CCOC2=O)n1. The lowest BCUT2D eigenvalue weighted by atomic mass is 10.4. The molecule has 1 aliphatic rings. The smallest absolute Gasteiger partial charge is 0.410 e. The number of rotatable bonds is 2. The average molecular weight is 194 g/mol. The summed E-state index contributed by atoms with van der Waals surface area (Å²) in [5.74, 6) is 0.936. The standard InChI is InChI=1S/C8H10N4O2/c9-6-1-2-10-7(11-6)5-12-3-4-14-8(12)13/h1-2H,3-5H2,(H2,9,10,11). The van der Waals surface area contributed by atoms with Gasteiger partial charge in [-0.15, -0.1) is 0 Å². The van der Waals surface area contributed by atoms with Gasteiger partial charge in [0.15, 0.2) is 0 Å². The summed E-state index contributed by atoms with van der Waals surface area (Å²) in [5.41, 5.74) is 5.48. The molecule has 0 spiro atoms. The minimum Gasteiger partial charge on any atom is -0.448 e. The third-order valence-corrected chi connectivity index (χ3v) is 1.90. The van der Waals surface area contributed by atoms with Crippen LogP contribution in [0.3, 0.4) is 0 Å². The van der Waals surface area contributed by atoms with Crippen molar-refractivity contribution in [1.29, 1.82) is 0 Å². The van der Waals surface area contributed by atoms with E-state index in [0.29, 0.717) is 31.3 Å². The number of anilines is 1. The second-order valence-electron chi connectivity index (χ2n) is 2.93. The molecule has 1 aliphatic heterocycles. The van der Waals surface area contributed by atoms with Crippen LogP contribution in [0, 0.1) is 0 Å². The van der Waals surface area contributed by atoms with Gasteiger partial charge < -0.3 is 10.5 Å². The number of amides is 1. The molecule has 1 saturated heterocycles. The Morgan fingerprint density at radius 2 is 2.50 bits per heavy atom. The Morgan fingerprint density at radius 3 is 3.14 bits per heavy atom. The monoisotopic (exact) mass is 194 g/mol. The van der Waals surface area contributed by atoms with Crippen LogP contribution in [0.1, 0.15) is 5.82 Å². The van der Waals surface area contributed by atoms with E-state index in [2.05, 4.69) is 9.97 Å². The Balaban J connectivity index is 2.07. The van der Waals surface area contributed by atoms with Crippen LogP contribution >= 0.6 is 0 Å². The van der Waals surface area contributed by atoms with E-state index in [1.807, 2.05) is 0 Å². The van der Waals surface area contributed by atoms with Crippen molar-refractivity contribution in [1.82, 2.24) is 14.9 Å². The summed E-state index contributed by atoms with van der Waals surface area (Å²) < 4.78 is 4.77. The van der Waals surface area contributed by atoms with Gasteiger partial charge in [0.25, 0.3) is 0 Å². The Morgan fingerprint density at radius 1 is 1.64 bits per heavy atom. The lowest BCUT2D eigenvalue weighted by molar-refractivity contribution is 0.156. The summed E-state index contributed by atoms with van der Waals surface area (Å²) in [4.78, 5) is 20.6. The van der Waals surface area contributed by atoms with Crippen LogP contribution in [-0.4, -0.2) is 34.1 Å². The maximum Gasteiger partial charge on any atom is 0.410 e. The molecule has 6 nitrogen and oxygen atoms in total. The Labute approximate surface area is 80.7 Å². The number of hydrogen-bond acceptors (Lipinski definition) is 5. The van der Waals surface area contributed by atoms with E-state index < -0.39 is 0 Å². The van der Waals surface area contributed by atoms with Crippen LogP contribution in [-0.2, 0) is 11.3 Å². The molecule has 0 unspecified atom stereocenters. The highest BCUT2D eigenvalue weighted by molar-refractivity contribution is 5.69. The molecule has 74 valence electrons. The normalized spacial score (nSPS) is 15.7. The lowest BCUT2D eigenvalue weighted by Gasteiger charge is -2.10. The summed E-state index contributed by atoms with van der Waals surface area (Å²) in [7, 11) is 0. The Bertz CT molecular complexity index is 355. The van der Waals surface area contributed by atoms with Crippen molar-refractivity contribution in [2.75, 3.05) is 18.9 Å². The molecule has 0 saturated carbocycles. The van der Waals surface area contributed by atoms with Crippen molar-refractivity contribution in [3.05, 3.63) is 18.1 Å². The number of nitrogen functional groups attached to an aromatic ring is 1. The minimum atomic E-state index is -0.323. The van der Waals surface area contributed by atoms with Gasteiger partial charge >= 0.3 is 6.09 Å². The zero-order valence-electron chi connectivity index (χ0n) is 7.51. The second kappa shape index (κ2) is 3.49. The number of ether oxygens (including phenoxy) is 1. The number of cyclic esters (lactones) is 1. The number of aromatic nitrogens is 2. The molecule has 1 aromatic heterocycles. The largest absolute Gasteiger partial charge is 0.448 e. The molecule has 2 heterocycles. The van der Waals surface area contributed by atoms with E-state index in [4.69, 9.17) is 10.5 Å². The first-order valence-corrected chi connectivity index (χ1v) is 4.25. The Kier molecular flexibility index (Phi) is 2.18. The van der Waals surface area contributed by atoms with Gasteiger partial charge in [-0.3, -0.25) is 4.90 Å². The van der Waals surface area contributed by atoms with Crippen molar-refractivity contribution in [3.63, 3.8) is 0 Å². The van der Waals surface area contributed by atoms with Gasteiger partial charge in [0.2, 0.25) is 0 Å². The minimum absolute atomic E-state index is 0.323. The summed E-state index contributed by atoms with van der Waals surface area (Å²) in [6, 6.07) is 1.60. The van der Waals surface area contributed by atoms with E-state index in [1.54, 1.807) is 12.3 Å². The number of carbonyl (C=O) groups is 1. The maximum absolute atomic E-state index is 11.1. The van der Waals surface area contributed by atoms with Crippen molar-refractivity contribution in [3.8, 4) is 0 Å². The topological polar surface area (TPSA) is 81.3 Å². The zero-order chi connectivity index (χ0) is 9.97. The summed E-state index contributed by atoms with van der Waals surface area (Å²) >= 11 is 0. The molecule has 14 heavy (non-hydrogen) atoms. The molecule has 1 amide bonds. The van der Waals surface area contributed by atoms with Gasteiger partial charge in [0.1, 0.15) is 18.2 Å². The van der Waals surface area contributed by atoms with Gasteiger partial charge in [-0.05, 0) is 6.07 Å². The first-order chi connectivity index (χ1) is 6.75. The Hall–Kier alpha value is -1.85. The molecular weight excluding hydrogens is 184 g/mol. The third-order valence-electron chi connectivity index (χ3n) is 1.90. The van der Waals surface area contributed by atoms with E-state index in [9.17, 15) is 4.79 Å². The molecule has 6 heteroatoms. The summed E-state index contributed by atoms with van der Waals surface area (Å²) in [6.45, 7) is 1.36. The van der Waals surface area contributed by atoms with Crippen molar-refractivity contribution < 1.29 is 9.53 Å². The first-order valence-electron chi connectivity index (χ1n) is 4.25. The van der Waals surface area contributed by atoms with Gasteiger partial charge in [0.05, 0.1) is 13.1 Å². The first kappa shape index (κ1) is 8.74. The van der Waals surface area contributed by atoms with Gasteiger partial charge in [-0.1, -0.05) is 0 Å². The van der Waals surface area contributed by atoms with Gasteiger partial charge in [0, 0.05) is 6.20 Å². The molecule has 2 rings (SSSR count). The van der Waals surface area contributed by atoms with Gasteiger partial charge in [-0.2, -0.15) is 0 Å². The predicted octanol–water partition coefficient (Wildman–Crippen LogP) is 0.0110. The van der Waals surface area contributed by atoms with E-state index in [1.165, 1.54) is 4.90 Å². The number of hydrogen-bond donors (Lipinski definition) is 1. The highest BCUT2D eigenvalue weighted by Gasteiger charge is 2.22. The highest BCUT2D eigenvalue weighted by Crippen LogP contribution is 2.07. The highest BCUT2D eigenvalue weighted by atomic mass is 16.6. The fraction of sp³-hybridized carbons (Fsp3) is 0.375. The van der Waals surface area contributed by atoms with Crippen LogP contribution in [0.5, 0.6) is 0 Å². The van der Waals surface area contributed by atoms with Crippen molar-refractivity contribution in [2.24, 2.45) is 0 Å². The second-order valence-corrected chi connectivity index (χ2v) is 2.93. The molecule has 1 aromatic rings. The number of nitrogens with two attached hydrogens (primary N) is 1. The quantitative estimate of drug-likeness (QED) is 0.717. The molecule has 0 atom stereocenters. The molecule has 0 bridgehead atoms. The molecule has 0 radical (unpaired) electrons. The van der Waals surface area contributed by atoms with Crippen LogP contribution < -0.4 is 5.73 Å². The molecule has 2 N–H and O–H groups in total. The summed E-state index contributed by atoms with van der Waals surface area (Å²) in [5, 5.41) is 0. The van der Waals surface area contributed by atoms with Crippen molar-refractivity contribution >= 4 is 11.9 Å². The number of carbonyl (C=O) groups excluding carboxylic acids is 1. The summed E-state index contributed by atoms with van der Waals surface area (Å²) in [6.07, 6.45) is 1.25. The lowest BCUT2D eigenvalue weighted by Crippen LogP contribution is -2.24. The molecular formula is C8H10N4O2. The molecule has 0 aromatic carbocycles. The molecule has 1 fully saturated rings. The van der Waals surface area contributed by atoms with Crippen LogP contribution in [0.2, 0.25) is 0 Å². The number of nitrogens with zero attached hydrogens (tertiary/aromatic N) is 3. The maximum atomic E-state index is 11.1. The van der Waals surface area contributed by atoms with E-state index in [-0.39, 0.29) is 6.09 Å². The van der Waals surface area contributed by atoms with Crippen LogP contribution in [0.4, 0.5) is 10.6 Å². The molecule has 0 aliphatic carbocycles. The van der Waals surface area contributed by atoms with Crippen molar-refractivity contribution in [2.45, 2.75) is 6.54 Å². The average Bonchev–Trinajstić information content (AvgIpc) is 2.52. The fourth-order valence-corrected chi connectivity index (χ4v) is 1.23. The fourth-order valence-electron chi connectivity index (χ4n) is 1.23. The zero-order valence-corrected chi connectivity index (χ0v) is 7.51. The van der Waals surface area contributed by atoms with Gasteiger partial charge in [-0.25, -0.2) is 14.8 Å².